The molecule has 0 spiro atoms. The smallest absolute Gasteiger partial charge is 0.147 e. The highest BCUT2D eigenvalue weighted by molar-refractivity contribution is 5.74. The highest BCUT2D eigenvalue weighted by atomic mass is 15.1. The largest absolute Gasteiger partial charge is 0.344 e. The molecule has 0 saturated carbocycles. The molecular weight excluding hydrogens is 356 g/mol. The van der Waals surface area contributed by atoms with Crippen LogP contribution in [0.3, 0.4) is 0 Å². The van der Waals surface area contributed by atoms with Gasteiger partial charge in [0.05, 0.1) is 38.3 Å². The fourth-order valence-electron chi connectivity index (χ4n) is 2.43. The van der Waals surface area contributed by atoms with E-state index in [0.29, 0.717) is 19.6 Å². The van der Waals surface area contributed by atoms with Crippen molar-refractivity contribution in [2.24, 2.45) is 15.0 Å². The number of aromatic amines is 3. The molecule has 0 aliphatic heterocycles. The lowest BCUT2D eigenvalue weighted by Crippen LogP contribution is -2.31. The monoisotopic (exact) mass is 380 g/mol. The Bertz CT molecular complexity index is 717. The van der Waals surface area contributed by atoms with Crippen molar-refractivity contribution >= 4 is 18.6 Å². The summed E-state index contributed by atoms with van der Waals surface area (Å²) in [6, 6.07) is 0. The normalized spacial score (nSPS) is 12.3. The molecule has 0 atom stereocenters. The minimum atomic E-state index is 0.685. The van der Waals surface area contributed by atoms with Crippen molar-refractivity contribution in [3.8, 4) is 0 Å². The summed E-state index contributed by atoms with van der Waals surface area (Å²) in [6.07, 6.45) is 15.7. The molecule has 0 unspecified atom stereocenters. The van der Waals surface area contributed by atoms with Crippen LogP contribution in [0.2, 0.25) is 0 Å². The van der Waals surface area contributed by atoms with Crippen LogP contribution in [0.4, 0.5) is 0 Å². The molecule has 3 heterocycles. The summed E-state index contributed by atoms with van der Waals surface area (Å²) >= 11 is 0. The molecule has 0 aliphatic rings. The lowest BCUT2D eigenvalue weighted by Gasteiger charge is -2.19. The van der Waals surface area contributed by atoms with Crippen molar-refractivity contribution in [2.45, 2.75) is 0 Å². The molecule has 0 bridgehead atoms. The molecule has 0 fully saturated rings. The third kappa shape index (κ3) is 7.08. The number of nitrogens with zero attached hydrogens (tertiary/aromatic N) is 7. The van der Waals surface area contributed by atoms with Crippen LogP contribution < -0.4 is 0 Å². The fraction of sp³-hybridized carbons (Fsp3) is 0.333. The number of hydrogen-bond donors (Lipinski definition) is 3. The zero-order valence-corrected chi connectivity index (χ0v) is 15.6. The Labute approximate surface area is 163 Å². The van der Waals surface area contributed by atoms with Gasteiger partial charge in [0, 0.05) is 56.8 Å². The van der Waals surface area contributed by atoms with Crippen molar-refractivity contribution in [1.82, 2.24) is 34.8 Å². The van der Waals surface area contributed by atoms with Gasteiger partial charge in [0.25, 0.3) is 0 Å². The summed E-state index contributed by atoms with van der Waals surface area (Å²) in [7, 11) is 0. The average molecular weight is 380 g/mol. The van der Waals surface area contributed by atoms with Gasteiger partial charge in [0.15, 0.2) is 0 Å². The maximum absolute atomic E-state index is 4.42. The van der Waals surface area contributed by atoms with Gasteiger partial charge in [-0.3, -0.25) is 19.9 Å². The Morgan fingerprint density at radius 2 is 1.00 bits per heavy atom. The molecule has 0 aliphatic carbocycles. The third-order valence-corrected chi connectivity index (χ3v) is 3.83. The van der Waals surface area contributed by atoms with Gasteiger partial charge in [-0.25, -0.2) is 15.0 Å². The van der Waals surface area contributed by atoms with Crippen LogP contribution in [0.25, 0.3) is 0 Å². The lowest BCUT2D eigenvalue weighted by atomic mass is 10.4. The molecule has 3 N–H and O–H groups in total. The molecule has 3 aromatic rings. The Hall–Kier alpha value is -3.40. The number of H-pyrrole nitrogens is 3. The molecule has 0 saturated heterocycles. The molecule has 0 radical (unpaired) electrons. The van der Waals surface area contributed by atoms with Crippen LogP contribution in [0.5, 0.6) is 0 Å². The molecule has 10 nitrogen and oxygen atoms in total. The molecule has 0 amide bonds. The quantitative estimate of drug-likeness (QED) is 0.402. The van der Waals surface area contributed by atoms with E-state index in [2.05, 4.69) is 49.8 Å². The number of aliphatic imine (C=N–C) groups is 3. The Morgan fingerprint density at radius 1 is 0.643 bits per heavy atom. The summed E-state index contributed by atoms with van der Waals surface area (Å²) in [6.45, 7) is 4.52. The zero-order valence-electron chi connectivity index (χ0n) is 15.6. The van der Waals surface area contributed by atoms with Crippen LogP contribution in [0, 0.1) is 0 Å². The van der Waals surface area contributed by atoms with E-state index in [1.807, 2.05) is 0 Å². The van der Waals surface area contributed by atoms with Crippen LogP contribution in [-0.2, 0) is 0 Å². The van der Waals surface area contributed by atoms with Gasteiger partial charge in [0.1, 0.15) is 17.5 Å². The third-order valence-electron chi connectivity index (χ3n) is 3.83. The Morgan fingerprint density at radius 3 is 1.29 bits per heavy atom. The van der Waals surface area contributed by atoms with Crippen molar-refractivity contribution < 1.29 is 0 Å². The average Bonchev–Trinajstić information content (AvgIpc) is 3.48. The van der Waals surface area contributed by atoms with Crippen molar-refractivity contribution in [1.29, 1.82) is 0 Å². The Balaban J connectivity index is 1.44. The first-order chi connectivity index (χ1) is 13.9. The second-order valence-electron chi connectivity index (χ2n) is 5.87. The fourth-order valence-corrected chi connectivity index (χ4v) is 2.43. The highest BCUT2D eigenvalue weighted by Crippen LogP contribution is 1.92. The first-order valence-electron chi connectivity index (χ1n) is 9.10. The zero-order chi connectivity index (χ0) is 19.3. The van der Waals surface area contributed by atoms with E-state index in [9.17, 15) is 0 Å². The SMILES string of the molecule is C(=NCCN(CCN=Cc1ncc[nH]1)CCN=Cc1ncc[nH]1)c1ncc[nH]1. The van der Waals surface area contributed by atoms with E-state index in [-0.39, 0.29) is 0 Å². The van der Waals surface area contributed by atoms with E-state index < -0.39 is 0 Å². The highest BCUT2D eigenvalue weighted by Gasteiger charge is 2.03. The maximum atomic E-state index is 4.42. The van der Waals surface area contributed by atoms with E-state index in [4.69, 9.17) is 0 Å². The molecule has 10 heteroatoms. The van der Waals surface area contributed by atoms with Crippen molar-refractivity contribution in [3.05, 3.63) is 54.7 Å². The van der Waals surface area contributed by atoms with Gasteiger partial charge >= 0.3 is 0 Å². The molecule has 0 aromatic carbocycles. The van der Waals surface area contributed by atoms with E-state index in [0.717, 1.165) is 37.1 Å². The number of nitrogens with one attached hydrogen (secondary N) is 3. The van der Waals surface area contributed by atoms with Crippen molar-refractivity contribution in [2.75, 3.05) is 39.3 Å². The predicted molar refractivity (Wildman–Crippen MR) is 110 cm³/mol. The summed E-state index contributed by atoms with van der Waals surface area (Å²) in [5, 5.41) is 0. The Kier molecular flexibility index (Phi) is 7.84. The molecule has 146 valence electrons. The molecular formula is C18H24N10. The van der Waals surface area contributed by atoms with Gasteiger partial charge in [-0.05, 0) is 0 Å². The topological polar surface area (TPSA) is 126 Å². The first-order valence-corrected chi connectivity index (χ1v) is 9.10. The second kappa shape index (κ2) is 11.3. The summed E-state index contributed by atoms with van der Waals surface area (Å²) in [5.41, 5.74) is 0. The molecule has 3 aromatic heterocycles. The maximum Gasteiger partial charge on any atom is 0.147 e. The van der Waals surface area contributed by atoms with E-state index in [1.54, 1.807) is 55.8 Å². The number of hydrogen-bond acceptors (Lipinski definition) is 7. The van der Waals surface area contributed by atoms with E-state index in [1.165, 1.54) is 0 Å². The van der Waals surface area contributed by atoms with Gasteiger partial charge in [0.2, 0.25) is 0 Å². The van der Waals surface area contributed by atoms with Gasteiger partial charge < -0.3 is 15.0 Å². The second-order valence-corrected chi connectivity index (χ2v) is 5.87. The molecule has 28 heavy (non-hydrogen) atoms. The van der Waals surface area contributed by atoms with Crippen LogP contribution in [0.1, 0.15) is 17.5 Å². The number of rotatable bonds is 12. The number of aromatic nitrogens is 6. The van der Waals surface area contributed by atoms with Gasteiger partial charge in [-0.2, -0.15) is 0 Å². The standard InChI is InChI=1S/C18H24N10/c1-2-23-16(22-1)13-19-7-10-28(11-8-20-14-17-24-3-4-25-17)12-9-21-15-18-26-5-6-27-18/h1-6,13-15H,7-12H2,(H,22,23)(H,24,25)(H,26,27). The first kappa shape index (κ1) is 19.4. The van der Waals surface area contributed by atoms with Crippen LogP contribution >= 0.6 is 0 Å². The summed E-state index contributed by atoms with van der Waals surface area (Å²) < 4.78 is 0. The van der Waals surface area contributed by atoms with Crippen LogP contribution in [-0.4, -0.2) is 92.7 Å². The summed E-state index contributed by atoms with van der Waals surface area (Å²) in [5.74, 6) is 2.29. The molecule has 3 rings (SSSR count). The lowest BCUT2D eigenvalue weighted by molar-refractivity contribution is 0.298. The minimum Gasteiger partial charge on any atom is -0.344 e. The van der Waals surface area contributed by atoms with Crippen molar-refractivity contribution in [3.63, 3.8) is 0 Å². The minimum absolute atomic E-state index is 0.685. The number of imidazole rings is 3. The van der Waals surface area contributed by atoms with Crippen LogP contribution in [0.15, 0.2) is 52.2 Å². The predicted octanol–water partition coefficient (Wildman–Crippen LogP) is 0.815. The van der Waals surface area contributed by atoms with Gasteiger partial charge in [-0.1, -0.05) is 0 Å². The summed E-state index contributed by atoms with van der Waals surface area (Å²) in [4.78, 5) is 37.0. The van der Waals surface area contributed by atoms with Gasteiger partial charge in [-0.15, -0.1) is 0 Å². The van der Waals surface area contributed by atoms with E-state index >= 15 is 0 Å².